The van der Waals surface area contributed by atoms with Gasteiger partial charge in [0.2, 0.25) is 5.43 Å². The standard InChI is InChI=1S/C25H22F3N5O4S/c26-17-18(29)16-19(33(12-5-6-12)11-13(21(16)34)23(35)36)22(37-24(27)28)20(17)31-7-9-32(10-8-31)25-30-14-3-1-2-4-15(14)38-25/h1-4,11-12,24H,5-10,29H2,(H,35,36). The molecule has 2 aliphatic rings. The molecule has 38 heavy (non-hydrogen) atoms. The van der Waals surface area contributed by atoms with Gasteiger partial charge in [0.1, 0.15) is 11.3 Å². The summed E-state index contributed by atoms with van der Waals surface area (Å²) < 4.78 is 50.5. The quantitative estimate of drug-likeness (QED) is 0.345. The van der Waals surface area contributed by atoms with Crippen LogP contribution in [0.5, 0.6) is 5.75 Å². The molecule has 0 atom stereocenters. The molecule has 1 saturated carbocycles. The highest BCUT2D eigenvalue weighted by molar-refractivity contribution is 7.22. The SMILES string of the molecule is Nc1c(F)c(N2CCN(c3nc4ccccc4s3)CC2)c(OC(F)F)c2c1c(=O)c(C(=O)O)cn2C1CC1. The molecule has 0 radical (unpaired) electrons. The molecule has 1 aliphatic carbocycles. The molecular weight excluding hydrogens is 523 g/mol. The first-order valence-corrected chi connectivity index (χ1v) is 12.8. The number of carboxylic acids is 1. The van der Waals surface area contributed by atoms with Gasteiger partial charge in [0, 0.05) is 38.4 Å². The van der Waals surface area contributed by atoms with Crippen LogP contribution in [-0.4, -0.2) is 53.4 Å². The molecule has 0 unspecified atom stereocenters. The Labute approximate surface area is 217 Å². The summed E-state index contributed by atoms with van der Waals surface area (Å²) in [6.07, 6.45) is 2.38. The molecule has 4 aromatic rings. The number of pyridine rings is 1. The van der Waals surface area contributed by atoms with E-state index in [1.807, 2.05) is 29.2 Å². The highest BCUT2D eigenvalue weighted by Gasteiger charge is 2.35. The van der Waals surface area contributed by atoms with E-state index in [0.717, 1.165) is 21.5 Å². The van der Waals surface area contributed by atoms with Gasteiger partial charge in [0.25, 0.3) is 0 Å². The lowest BCUT2D eigenvalue weighted by Gasteiger charge is -2.37. The van der Waals surface area contributed by atoms with E-state index < -0.39 is 46.2 Å². The number of nitrogens with two attached hydrogens (primary N) is 1. The summed E-state index contributed by atoms with van der Waals surface area (Å²) in [6, 6.07) is 7.48. The van der Waals surface area contributed by atoms with E-state index in [0.29, 0.717) is 25.9 Å². The molecule has 0 bridgehead atoms. The van der Waals surface area contributed by atoms with Crippen LogP contribution in [0.3, 0.4) is 0 Å². The Bertz CT molecular complexity index is 1610. The summed E-state index contributed by atoms with van der Waals surface area (Å²) in [5.74, 6) is -3.13. The molecular formula is C25H22F3N5O4S. The first kappa shape index (κ1) is 24.3. The van der Waals surface area contributed by atoms with Gasteiger partial charge in [-0.15, -0.1) is 0 Å². The van der Waals surface area contributed by atoms with Gasteiger partial charge in [-0.1, -0.05) is 23.5 Å². The van der Waals surface area contributed by atoms with E-state index >= 15 is 4.39 Å². The fourth-order valence-corrected chi connectivity index (χ4v) is 5.97. The second-order valence-corrected chi connectivity index (χ2v) is 10.3. The third kappa shape index (κ3) is 3.97. The van der Waals surface area contributed by atoms with Crippen LogP contribution in [0, 0.1) is 5.82 Å². The second-order valence-electron chi connectivity index (χ2n) is 9.26. The van der Waals surface area contributed by atoms with Crippen LogP contribution in [0.2, 0.25) is 0 Å². The minimum absolute atomic E-state index is 0.120. The zero-order chi connectivity index (χ0) is 26.7. The third-order valence-corrected chi connectivity index (χ3v) is 8.00. The highest BCUT2D eigenvalue weighted by Crippen LogP contribution is 2.47. The van der Waals surface area contributed by atoms with Gasteiger partial charge in [-0.2, -0.15) is 8.78 Å². The Balaban J connectivity index is 1.45. The molecule has 9 nitrogen and oxygen atoms in total. The van der Waals surface area contributed by atoms with E-state index in [2.05, 4.69) is 4.98 Å². The van der Waals surface area contributed by atoms with Crippen molar-refractivity contribution in [3.63, 3.8) is 0 Å². The summed E-state index contributed by atoms with van der Waals surface area (Å²) >= 11 is 1.53. The number of rotatable bonds is 6. The van der Waals surface area contributed by atoms with Crippen molar-refractivity contribution >= 4 is 54.9 Å². The smallest absolute Gasteiger partial charge is 0.387 e. The van der Waals surface area contributed by atoms with Crippen molar-refractivity contribution in [2.24, 2.45) is 0 Å². The molecule has 1 saturated heterocycles. The average molecular weight is 546 g/mol. The van der Waals surface area contributed by atoms with Crippen LogP contribution < -0.4 is 25.7 Å². The molecule has 13 heteroatoms. The van der Waals surface area contributed by atoms with Crippen molar-refractivity contribution in [1.82, 2.24) is 9.55 Å². The zero-order valence-corrected chi connectivity index (χ0v) is 20.7. The van der Waals surface area contributed by atoms with E-state index in [1.165, 1.54) is 15.9 Å². The predicted molar refractivity (Wildman–Crippen MR) is 138 cm³/mol. The number of carbonyl (C=O) groups is 1. The number of thiazole rings is 1. The van der Waals surface area contributed by atoms with Crippen molar-refractivity contribution in [3.8, 4) is 5.75 Å². The van der Waals surface area contributed by atoms with Crippen LogP contribution in [0.25, 0.3) is 21.1 Å². The number of hydrogen-bond donors (Lipinski definition) is 2. The maximum Gasteiger partial charge on any atom is 0.387 e. The van der Waals surface area contributed by atoms with Gasteiger partial charge in [-0.25, -0.2) is 14.2 Å². The number of nitrogens with zero attached hydrogens (tertiary/aromatic N) is 4. The van der Waals surface area contributed by atoms with Crippen molar-refractivity contribution in [2.45, 2.75) is 25.5 Å². The summed E-state index contributed by atoms with van der Waals surface area (Å²) in [7, 11) is 0. The van der Waals surface area contributed by atoms with Crippen molar-refractivity contribution in [2.75, 3.05) is 41.7 Å². The maximum atomic E-state index is 15.8. The number of aromatic nitrogens is 2. The number of benzene rings is 2. The largest absolute Gasteiger partial charge is 0.477 e. The summed E-state index contributed by atoms with van der Waals surface area (Å²) in [6.45, 7) is -1.96. The lowest BCUT2D eigenvalue weighted by Crippen LogP contribution is -2.47. The Morgan fingerprint density at radius 2 is 1.84 bits per heavy atom. The Morgan fingerprint density at radius 1 is 1.16 bits per heavy atom. The van der Waals surface area contributed by atoms with Gasteiger partial charge >= 0.3 is 12.6 Å². The molecule has 0 spiro atoms. The topological polar surface area (TPSA) is 114 Å². The number of ether oxygens (including phenoxy) is 1. The average Bonchev–Trinajstić information content (AvgIpc) is 3.64. The lowest BCUT2D eigenvalue weighted by molar-refractivity contribution is -0.0488. The summed E-state index contributed by atoms with van der Waals surface area (Å²) in [5, 5.41) is 9.87. The number of fused-ring (bicyclic) bond motifs is 2. The van der Waals surface area contributed by atoms with Gasteiger partial charge in [0.05, 0.1) is 26.8 Å². The monoisotopic (exact) mass is 545 g/mol. The van der Waals surface area contributed by atoms with Crippen molar-refractivity contribution < 1.29 is 27.8 Å². The van der Waals surface area contributed by atoms with Gasteiger partial charge in [0.15, 0.2) is 16.7 Å². The molecule has 3 N–H and O–H groups in total. The number of alkyl halides is 2. The number of piperazine rings is 1. The maximum absolute atomic E-state index is 15.8. The molecule has 2 fully saturated rings. The molecule has 3 heterocycles. The molecule has 198 valence electrons. The molecule has 1 aliphatic heterocycles. The normalized spacial score (nSPS) is 16.1. The van der Waals surface area contributed by atoms with Crippen LogP contribution in [-0.2, 0) is 0 Å². The molecule has 0 amide bonds. The molecule has 2 aromatic heterocycles. The van der Waals surface area contributed by atoms with E-state index in [9.17, 15) is 23.5 Å². The number of nitrogen functional groups attached to an aromatic ring is 1. The number of anilines is 3. The van der Waals surface area contributed by atoms with Crippen molar-refractivity contribution in [3.05, 3.63) is 52.1 Å². The minimum Gasteiger partial charge on any atom is -0.477 e. The van der Waals surface area contributed by atoms with Crippen LogP contribution in [0.1, 0.15) is 29.2 Å². The summed E-state index contributed by atoms with van der Waals surface area (Å²) in [5.41, 5.74) is 4.30. The predicted octanol–water partition coefficient (Wildman–Crippen LogP) is 4.29. The van der Waals surface area contributed by atoms with E-state index in [1.54, 1.807) is 4.90 Å². The molecule has 2 aromatic carbocycles. The van der Waals surface area contributed by atoms with E-state index in [4.69, 9.17) is 10.5 Å². The highest BCUT2D eigenvalue weighted by atomic mass is 32.1. The second kappa shape index (κ2) is 9.08. The molecule has 6 rings (SSSR count). The first-order chi connectivity index (χ1) is 18.2. The van der Waals surface area contributed by atoms with Crippen LogP contribution >= 0.6 is 11.3 Å². The van der Waals surface area contributed by atoms with E-state index in [-0.39, 0.29) is 30.3 Å². The summed E-state index contributed by atoms with van der Waals surface area (Å²) in [4.78, 5) is 33.0. The van der Waals surface area contributed by atoms with Crippen LogP contribution in [0.4, 0.5) is 29.7 Å². The first-order valence-electron chi connectivity index (χ1n) is 12.0. The number of carboxylic acid groups (broad SMARTS) is 1. The number of hydrogen-bond acceptors (Lipinski definition) is 8. The Morgan fingerprint density at radius 3 is 2.47 bits per heavy atom. The van der Waals surface area contributed by atoms with Crippen molar-refractivity contribution in [1.29, 1.82) is 0 Å². The van der Waals surface area contributed by atoms with Gasteiger partial charge < -0.3 is 29.9 Å². The zero-order valence-electron chi connectivity index (χ0n) is 19.9. The fourth-order valence-electron chi connectivity index (χ4n) is 4.96. The van der Waals surface area contributed by atoms with Gasteiger partial charge in [-0.3, -0.25) is 4.79 Å². The number of halogens is 3. The van der Waals surface area contributed by atoms with Crippen LogP contribution in [0.15, 0.2) is 35.3 Å². The number of para-hydroxylation sites is 1. The Kier molecular flexibility index (Phi) is 5.82. The minimum atomic E-state index is -3.31. The lowest BCUT2D eigenvalue weighted by atomic mass is 10.0. The Hall–Kier alpha value is -4.00. The number of aromatic carboxylic acids is 1. The fraction of sp³-hybridized carbons (Fsp3) is 0.320. The van der Waals surface area contributed by atoms with Gasteiger partial charge in [-0.05, 0) is 25.0 Å². The third-order valence-electron chi connectivity index (χ3n) is 6.91.